The van der Waals surface area contributed by atoms with E-state index in [1.165, 1.54) is 23.3 Å². The number of nitrogens with two attached hydrogens (primary N) is 2. The largest absolute Gasteiger partial charge is 0.472 e. The molecule has 3 aliphatic rings. The van der Waals surface area contributed by atoms with E-state index in [0.29, 0.717) is 0 Å². The highest BCUT2D eigenvalue weighted by Gasteiger charge is 2.53. The second-order valence-corrected chi connectivity index (χ2v) is 13.3. The molecule has 10 atom stereocenters. The Morgan fingerprint density at radius 1 is 0.913 bits per heavy atom. The molecule has 4 aromatic rings. The third-order valence-corrected chi connectivity index (χ3v) is 9.56. The van der Waals surface area contributed by atoms with Crippen LogP contribution in [0.4, 0.5) is 11.8 Å². The van der Waals surface area contributed by atoms with E-state index < -0.39 is 83.4 Å². The maximum Gasteiger partial charge on any atom is 0.472 e. The van der Waals surface area contributed by atoms with Crippen LogP contribution in [-0.2, 0) is 36.7 Å². The number of pyridine rings is 1. The fourth-order valence-corrected chi connectivity index (χ4v) is 7.42. The second kappa shape index (κ2) is 11.3. The van der Waals surface area contributed by atoms with Crippen LogP contribution in [0.15, 0.2) is 29.8 Å². The summed E-state index contributed by atoms with van der Waals surface area (Å²) >= 11 is 0. The predicted molar refractivity (Wildman–Crippen MR) is 149 cm³/mol. The summed E-state index contributed by atoms with van der Waals surface area (Å²) in [4.78, 5) is 56.3. The fourth-order valence-electron chi connectivity index (χ4n) is 5.52. The number of hydrogen-bond donors (Lipinski definition) is 7. The standard InChI is InChI=1S/C22H25N9O13P2/c23-18-12-19(27-5-26-18)31(6-28-12)21-14(33)16-10(42-21)4-40-46(37,38)44-17-13(32)9(3-39-45(35,36)43-16)41-15(17)7-1-25-2-8-11(7)29-22(24)30-20(8)34/h1-2,5-6,9-10,13-17,21,32-33H,3-4H2,(H,35,36)(H,37,38)(H2,23,26,27)(H3,24,29,30,34)/t9-,10-,13?,14+,15+,16?,17+,21-/m1/s1. The lowest BCUT2D eigenvalue weighted by molar-refractivity contribution is -0.0569. The molecule has 0 aromatic carbocycles. The van der Waals surface area contributed by atoms with Gasteiger partial charge in [-0.15, -0.1) is 0 Å². The highest BCUT2D eigenvalue weighted by atomic mass is 31.2. The van der Waals surface area contributed by atoms with Gasteiger partial charge in [-0.25, -0.2) is 29.1 Å². The molecule has 0 saturated carbocycles. The Hall–Kier alpha value is -3.50. The summed E-state index contributed by atoms with van der Waals surface area (Å²) in [5.74, 6) is -0.226. The molecule has 46 heavy (non-hydrogen) atoms. The zero-order chi connectivity index (χ0) is 32.5. The van der Waals surface area contributed by atoms with E-state index in [1.807, 2.05) is 0 Å². The fraction of sp³-hybridized carbons (Fsp3) is 0.455. The monoisotopic (exact) mass is 685 g/mol. The zero-order valence-corrected chi connectivity index (χ0v) is 24.8. The molecule has 0 aliphatic carbocycles. The van der Waals surface area contributed by atoms with Gasteiger partial charge in [-0.3, -0.25) is 37.4 Å². The molecule has 0 amide bonds. The number of aromatic amines is 1. The highest BCUT2D eigenvalue weighted by Crippen LogP contribution is 2.54. The van der Waals surface area contributed by atoms with Crippen molar-refractivity contribution < 1.29 is 56.7 Å². The Balaban J connectivity index is 1.22. The number of imidazole rings is 1. The molecule has 2 bridgehead atoms. The molecule has 7 rings (SSSR count). The molecule has 24 heteroatoms. The number of hydrogen-bond acceptors (Lipinski definition) is 18. The highest BCUT2D eigenvalue weighted by molar-refractivity contribution is 7.47. The van der Waals surface area contributed by atoms with Crippen LogP contribution in [0.3, 0.4) is 0 Å². The molecule has 3 saturated heterocycles. The molecule has 3 aliphatic heterocycles. The summed E-state index contributed by atoms with van der Waals surface area (Å²) in [5, 5.41) is 22.2. The van der Waals surface area contributed by atoms with Crippen LogP contribution < -0.4 is 17.0 Å². The molecule has 3 fully saturated rings. The van der Waals surface area contributed by atoms with Crippen molar-refractivity contribution in [3.63, 3.8) is 0 Å². The Labute approximate surface area is 255 Å². The van der Waals surface area contributed by atoms with E-state index in [1.54, 1.807) is 0 Å². The van der Waals surface area contributed by atoms with Crippen LogP contribution in [0.1, 0.15) is 17.9 Å². The van der Waals surface area contributed by atoms with Crippen LogP contribution in [0.2, 0.25) is 0 Å². The van der Waals surface area contributed by atoms with Crippen molar-refractivity contribution in [1.29, 1.82) is 0 Å². The maximum absolute atomic E-state index is 13.3. The van der Waals surface area contributed by atoms with E-state index in [-0.39, 0.29) is 39.4 Å². The summed E-state index contributed by atoms with van der Waals surface area (Å²) in [7, 11) is -10.2. The Bertz CT molecular complexity index is 1980. The minimum atomic E-state index is -5.12. The number of anilines is 2. The lowest BCUT2D eigenvalue weighted by Crippen LogP contribution is -2.36. The van der Waals surface area contributed by atoms with Gasteiger partial charge in [0.1, 0.15) is 54.6 Å². The van der Waals surface area contributed by atoms with Crippen molar-refractivity contribution in [2.45, 2.75) is 49.0 Å². The first kappa shape index (κ1) is 31.1. The van der Waals surface area contributed by atoms with Gasteiger partial charge < -0.3 is 40.9 Å². The van der Waals surface area contributed by atoms with Crippen LogP contribution >= 0.6 is 15.6 Å². The second-order valence-electron chi connectivity index (χ2n) is 10.5. The van der Waals surface area contributed by atoms with Crippen molar-refractivity contribution in [1.82, 2.24) is 34.5 Å². The van der Waals surface area contributed by atoms with E-state index in [0.717, 1.165) is 6.33 Å². The van der Waals surface area contributed by atoms with Gasteiger partial charge in [0, 0.05) is 18.0 Å². The number of aliphatic hydroxyl groups is 2. The number of aromatic nitrogens is 7. The first-order valence-corrected chi connectivity index (χ1v) is 16.4. The number of H-pyrrole nitrogens is 1. The average Bonchev–Trinajstić information content (AvgIpc) is 3.65. The number of nitrogens with zero attached hydrogens (tertiary/aromatic N) is 6. The molecule has 4 unspecified atom stereocenters. The molecular formula is C22H25N9O13P2. The van der Waals surface area contributed by atoms with E-state index >= 15 is 0 Å². The number of phosphoric ester groups is 2. The van der Waals surface area contributed by atoms with Gasteiger partial charge in [0.15, 0.2) is 17.7 Å². The van der Waals surface area contributed by atoms with Gasteiger partial charge in [-0.1, -0.05) is 0 Å². The molecule has 246 valence electrons. The van der Waals surface area contributed by atoms with E-state index in [2.05, 4.69) is 29.9 Å². The molecular weight excluding hydrogens is 660 g/mol. The smallest absolute Gasteiger partial charge is 0.387 e. The predicted octanol–water partition coefficient (Wildman–Crippen LogP) is -1.60. The van der Waals surface area contributed by atoms with Gasteiger partial charge in [-0.2, -0.15) is 0 Å². The number of ether oxygens (including phenoxy) is 2. The number of phosphoric acid groups is 2. The maximum atomic E-state index is 13.3. The first-order chi connectivity index (χ1) is 21.8. The van der Waals surface area contributed by atoms with Crippen LogP contribution in [0, 0.1) is 0 Å². The van der Waals surface area contributed by atoms with Crippen LogP contribution in [-0.4, -0.2) is 104 Å². The summed E-state index contributed by atoms with van der Waals surface area (Å²) in [6.07, 6.45) is -7.79. The quantitative estimate of drug-likeness (QED) is 0.117. The molecule has 9 N–H and O–H groups in total. The van der Waals surface area contributed by atoms with Crippen molar-refractivity contribution >= 4 is 49.5 Å². The third-order valence-electron chi connectivity index (χ3n) is 7.59. The Morgan fingerprint density at radius 2 is 1.63 bits per heavy atom. The Morgan fingerprint density at radius 3 is 2.39 bits per heavy atom. The van der Waals surface area contributed by atoms with Gasteiger partial charge in [0.05, 0.1) is 30.4 Å². The lowest BCUT2D eigenvalue weighted by atomic mass is 10.0. The van der Waals surface area contributed by atoms with Gasteiger partial charge in [0.25, 0.3) is 5.56 Å². The topological polar surface area (TPSA) is 325 Å². The summed E-state index contributed by atoms with van der Waals surface area (Å²) < 4.78 is 60.3. The van der Waals surface area contributed by atoms with E-state index in [4.69, 9.17) is 39.0 Å². The van der Waals surface area contributed by atoms with Crippen LogP contribution in [0.25, 0.3) is 22.1 Å². The number of aliphatic hydroxyl groups excluding tert-OH is 2. The average molecular weight is 685 g/mol. The number of nitrogen functional groups attached to an aromatic ring is 2. The SMILES string of the molecule is Nc1nc2c([C@@H]3O[C@@H]4COP(=O)(O)OC5[C@@H](COP(=O)(O)O[C@H]3C4O)O[C@@H](n3cnc4c(N)ncnc43)[C@H]5O)cncc2c(=O)[nH]1. The first-order valence-electron chi connectivity index (χ1n) is 13.4. The molecule has 0 spiro atoms. The minimum Gasteiger partial charge on any atom is -0.387 e. The summed E-state index contributed by atoms with van der Waals surface area (Å²) in [5.41, 5.74) is 11.2. The van der Waals surface area contributed by atoms with Crippen molar-refractivity contribution in [3.8, 4) is 0 Å². The normalized spacial score (nSPS) is 37.0. The minimum absolute atomic E-state index is 0.0177. The summed E-state index contributed by atoms with van der Waals surface area (Å²) in [6, 6.07) is 0. The van der Waals surface area contributed by atoms with Gasteiger partial charge in [0.2, 0.25) is 5.95 Å². The van der Waals surface area contributed by atoms with Crippen molar-refractivity contribution in [2.75, 3.05) is 24.7 Å². The zero-order valence-electron chi connectivity index (χ0n) is 23.0. The Kier molecular flexibility index (Phi) is 7.67. The number of nitrogens with one attached hydrogen (secondary N) is 1. The number of rotatable bonds is 2. The third kappa shape index (κ3) is 5.47. The lowest BCUT2D eigenvalue weighted by Gasteiger charge is -2.25. The van der Waals surface area contributed by atoms with Gasteiger partial charge in [-0.05, 0) is 0 Å². The van der Waals surface area contributed by atoms with Crippen molar-refractivity contribution in [2.24, 2.45) is 0 Å². The summed E-state index contributed by atoms with van der Waals surface area (Å²) in [6.45, 7) is -1.65. The molecule has 7 heterocycles. The molecule has 22 nitrogen and oxygen atoms in total. The van der Waals surface area contributed by atoms with E-state index in [9.17, 15) is 33.9 Å². The molecule has 0 radical (unpaired) electrons. The molecule has 4 aromatic heterocycles. The van der Waals surface area contributed by atoms with Gasteiger partial charge >= 0.3 is 15.6 Å². The van der Waals surface area contributed by atoms with Crippen molar-refractivity contribution in [3.05, 3.63) is 41.0 Å². The van der Waals surface area contributed by atoms with Crippen LogP contribution in [0.5, 0.6) is 0 Å². The number of fused-ring (bicyclic) bond motifs is 5.